The molecule has 0 aromatic carbocycles. The van der Waals surface area contributed by atoms with Gasteiger partial charge in [-0.1, -0.05) is 0 Å². The van der Waals surface area contributed by atoms with E-state index in [0.29, 0.717) is 13.0 Å². The molecule has 0 aliphatic heterocycles. The fraction of sp³-hybridized carbons (Fsp3) is 0.500. The minimum atomic E-state index is -1.39. The molecule has 0 aliphatic carbocycles. The Hall–Kier alpha value is -1.43. The van der Waals surface area contributed by atoms with Crippen LogP contribution in [0.15, 0.2) is 11.6 Å². The maximum Gasteiger partial charge on any atom is 0.318 e. The minimum Gasteiger partial charge on any atom is -0.480 e. The monoisotopic (exact) mass is 242 g/mol. The summed E-state index contributed by atoms with van der Waals surface area (Å²) in [7, 11) is 0. The maximum absolute atomic E-state index is 11.5. The van der Waals surface area contributed by atoms with E-state index in [0.717, 1.165) is 5.01 Å². The Bertz CT molecular complexity index is 373. The van der Waals surface area contributed by atoms with E-state index in [4.69, 9.17) is 5.11 Å². The molecule has 1 heterocycles. The number of carbonyl (C=O) groups excluding carboxylic acids is 1. The van der Waals surface area contributed by atoms with Crippen molar-refractivity contribution in [2.75, 3.05) is 6.54 Å². The van der Waals surface area contributed by atoms with Crippen molar-refractivity contribution in [3.8, 4) is 0 Å². The van der Waals surface area contributed by atoms with E-state index in [2.05, 4.69) is 10.3 Å². The first kappa shape index (κ1) is 12.6. The molecule has 88 valence electrons. The third-order valence-corrected chi connectivity index (χ3v) is 3.05. The molecular formula is C10H14N2O3S. The molecule has 5 nitrogen and oxygen atoms in total. The van der Waals surface area contributed by atoms with Crippen LogP contribution in [0, 0.1) is 5.41 Å². The molecule has 0 atom stereocenters. The third kappa shape index (κ3) is 3.03. The lowest BCUT2D eigenvalue weighted by Crippen LogP contribution is -2.42. The van der Waals surface area contributed by atoms with Gasteiger partial charge in [-0.15, -0.1) is 11.3 Å². The highest BCUT2D eigenvalue weighted by Gasteiger charge is 2.35. The zero-order valence-electron chi connectivity index (χ0n) is 9.19. The third-order valence-electron chi connectivity index (χ3n) is 2.21. The van der Waals surface area contributed by atoms with Crippen molar-refractivity contribution >= 4 is 23.2 Å². The largest absolute Gasteiger partial charge is 0.480 e. The number of amides is 1. The van der Waals surface area contributed by atoms with Gasteiger partial charge in [-0.25, -0.2) is 4.98 Å². The Balaban J connectivity index is 2.39. The average Bonchev–Trinajstić information content (AvgIpc) is 2.70. The molecule has 2 N–H and O–H groups in total. The van der Waals surface area contributed by atoms with Crippen LogP contribution in [0.2, 0.25) is 0 Å². The lowest BCUT2D eigenvalue weighted by molar-refractivity contribution is -0.153. The minimum absolute atomic E-state index is 0.406. The number of carboxylic acid groups (broad SMARTS) is 1. The number of nitrogens with zero attached hydrogens (tertiary/aromatic N) is 1. The number of aliphatic carboxylic acids is 1. The molecule has 0 saturated heterocycles. The van der Waals surface area contributed by atoms with Crippen LogP contribution in [0.4, 0.5) is 0 Å². The first-order chi connectivity index (χ1) is 7.44. The van der Waals surface area contributed by atoms with Gasteiger partial charge >= 0.3 is 5.97 Å². The summed E-state index contributed by atoms with van der Waals surface area (Å²) in [6.45, 7) is 3.17. The second kappa shape index (κ2) is 5.07. The predicted molar refractivity (Wildman–Crippen MR) is 60.2 cm³/mol. The summed E-state index contributed by atoms with van der Waals surface area (Å²) in [5.41, 5.74) is -1.39. The highest BCUT2D eigenvalue weighted by atomic mass is 32.1. The topological polar surface area (TPSA) is 79.3 Å². The van der Waals surface area contributed by atoms with Crippen LogP contribution in [0.1, 0.15) is 18.9 Å². The number of thiazole rings is 1. The van der Waals surface area contributed by atoms with E-state index in [1.165, 1.54) is 25.2 Å². The predicted octanol–water partition coefficient (Wildman–Crippen LogP) is 0.913. The Morgan fingerprint density at radius 1 is 1.56 bits per heavy atom. The summed E-state index contributed by atoms with van der Waals surface area (Å²) in [5, 5.41) is 14.2. The van der Waals surface area contributed by atoms with Gasteiger partial charge < -0.3 is 10.4 Å². The van der Waals surface area contributed by atoms with Crippen LogP contribution in [0.25, 0.3) is 0 Å². The normalized spacial score (nSPS) is 11.1. The SMILES string of the molecule is CC(C)(C(=O)O)C(=O)NCCc1nccs1. The number of aromatic nitrogens is 1. The highest BCUT2D eigenvalue weighted by Crippen LogP contribution is 2.14. The molecule has 0 radical (unpaired) electrons. The number of carbonyl (C=O) groups is 2. The summed E-state index contributed by atoms with van der Waals surface area (Å²) in [5.74, 6) is -1.60. The molecule has 1 aromatic rings. The van der Waals surface area contributed by atoms with Crippen LogP contribution in [-0.4, -0.2) is 28.5 Å². The van der Waals surface area contributed by atoms with Crippen molar-refractivity contribution in [2.24, 2.45) is 5.41 Å². The van der Waals surface area contributed by atoms with E-state index >= 15 is 0 Å². The second-order valence-corrected chi connectivity index (χ2v) is 4.84. The Morgan fingerprint density at radius 2 is 2.25 bits per heavy atom. The maximum atomic E-state index is 11.5. The molecule has 0 spiro atoms. The van der Waals surface area contributed by atoms with Crippen molar-refractivity contribution in [2.45, 2.75) is 20.3 Å². The van der Waals surface area contributed by atoms with Gasteiger partial charge in [0.05, 0.1) is 5.01 Å². The summed E-state index contributed by atoms with van der Waals surface area (Å²) in [4.78, 5) is 26.4. The van der Waals surface area contributed by atoms with Crippen molar-refractivity contribution in [3.05, 3.63) is 16.6 Å². The molecule has 1 aromatic heterocycles. The standard InChI is InChI=1S/C10H14N2O3S/c1-10(2,9(14)15)8(13)12-4-3-7-11-5-6-16-7/h5-6H,3-4H2,1-2H3,(H,12,13)(H,14,15). The van der Waals surface area contributed by atoms with Gasteiger partial charge in [0.2, 0.25) is 5.91 Å². The van der Waals surface area contributed by atoms with Crippen molar-refractivity contribution in [1.82, 2.24) is 10.3 Å². The molecular weight excluding hydrogens is 228 g/mol. The first-order valence-corrected chi connectivity index (χ1v) is 5.72. The fourth-order valence-electron chi connectivity index (χ4n) is 0.977. The van der Waals surface area contributed by atoms with Crippen molar-refractivity contribution < 1.29 is 14.7 Å². The fourth-order valence-corrected chi connectivity index (χ4v) is 1.60. The number of hydrogen-bond acceptors (Lipinski definition) is 4. The lowest BCUT2D eigenvalue weighted by Gasteiger charge is -2.17. The number of nitrogens with one attached hydrogen (secondary N) is 1. The summed E-state index contributed by atoms with van der Waals surface area (Å²) < 4.78 is 0. The summed E-state index contributed by atoms with van der Waals surface area (Å²) in [6, 6.07) is 0. The van der Waals surface area contributed by atoms with Crippen LogP contribution >= 0.6 is 11.3 Å². The van der Waals surface area contributed by atoms with E-state index in [1.807, 2.05) is 5.38 Å². The molecule has 6 heteroatoms. The van der Waals surface area contributed by atoms with Crippen LogP contribution in [-0.2, 0) is 16.0 Å². The van der Waals surface area contributed by atoms with Gasteiger partial charge in [0.25, 0.3) is 0 Å². The first-order valence-electron chi connectivity index (χ1n) is 4.84. The lowest BCUT2D eigenvalue weighted by atomic mass is 9.93. The smallest absolute Gasteiger partial charge is 0.318 e. The average molecular weight is 242 g/mol. The number of carboxylic acids is 1. The molecule has 0 unspecified atom stereocenters. The zero-order valence-corrected chi connectivity index (χ0v) is 10.0. The Morgan fingerprint density at radius 3 is 2.75 bits per heavy atom. The van der Waals surface area contributed by atoms with Crippen LogP contribution < -0.4 is 5.32 Å². The second-order valence-electron chi connectivity index (χ2n) is 3.86. The zero-order chi connectivity index (χ0) is 12.2. The van der Waals surface area contributed by atoms with Crippen molar-refractivity contribution in [3.63, 3.8) is 0 Å². The van der Waals surface area contributed by atoms with E-state index in [-0.39, 0.29) is 0 Å². The van der Waals surface area contributed by atoms with Gasteiger partial charge in [0.1, 0.15) is 5.41 Å². The highest BCUT2D eigenvalue weighted by molar-refractivity contribution is 7.09. The Labute approximate surface area is 97.5 Å². The Kier molecular flexibility index (Phi) is 4.00. The molecule has 0 saturated carbocycles. The molecule has 0 aliphatic rings. The molecule has 1 rings (SSSR count). The van der Waals surface area contributed by atoms with E-state index in [1.54, 1.807) is 6.20 Å². The number of hydrogen-bond donors (Lipinski definition) is 2. The van der Waals surface area contributed by atoms with E-state index in [9.17, 15) is 9.59 Å². The molecule has 0 fully saturated rings. The van der Waals surface area contributed by atoms with Crippen LogP contribution in [0.3, 0.4) is 0 Å². The van der Waals surface area contributed by atoms with Gasteiger partial charge in [0.15, 0.2) is 0 Å². The molecule has 16 heavy (non-hydrogen) atoms. The summed E-state index contributed by atoms with van der Waals surface area (Å²) in [6.07, 6.45) is 2.32. The van der Waals surface area contributed by atoms with Gasteiger partial charge in [0, 0.05) is 24.5 Å². The summed E-state index contributed by atoms with van der Waals surface area (Å²) >= 11 is 1.51. The van der Waals surface area contributed by atoms with Gasteiger partial charge in [-0.2, -0.15) is 0 Å². The van der Waals surface area contributed by atoms with E-state index < -0.39 is 17.3 Å². The molecule has 1 amide bonds. The van der Waals surface area contributed by atoms with Gasteiger partial charge in [-0.05, 0) is 13.8 Å². The van der Waals surface area contributed by atoms with Crippen LogP contribution in [0.5, 0.6) is 0 Å². The molecule has 0 bridgehead atoms. The quantitative estimate of drug-likeness (QED) is 0.752. The van der Waals surface area contributed by atoms with Gasteiger partial charge in [-0.3, -0.25) is 9.59 Å². The number of rotatable bonds is 5. The van der Waals surface area contributed by atoms with Crippen molar-refractivity contribution in [1.29, 1.82) is 0 Å².